The molecule has 136 valence electrons. The van der Waals surface area contributed by atoms with Crippen molar-refractivity contribution in [2.24, 2.45) is 0 Å². The molecule has 4 rings (SSSR count). The molecule has 2 aromatic rings. The number of nitrogens with zero attached hydrogens (tertiary/aromatic N) is 2. The molecule has 6 heteroatoms. The number of carbonyl (C=O) groups excluding carboxylic acids is 1. The molecule has 0 radical (unpaired) electrons. The van der Waals surface area contributed by atoms with Crippen LogP contribution in [0.15, 0.2) is 47.1 Å². The van der Waals surface area contributed by atoms with Crippen molar-refractivity contribution in [2.45, 2.75) is 6.54 Å². The minimum absolute atomic E-state index is 0.0281. The van der Waals surface area contributed by atoms with Gasteiger partial charge in [-0.2, -0.15) is 0 Å². The standard InChI is InChI=1S/C20H22N2O4/c23-20(6-4-17-2-1-11-24-17)22-9-7-21(8-10-22)15-16-3-5-18-19(14-16)26-13-12-25-18/h1-6,11,14H,7-10,12-13,15H2/b6-4+. The molecular weight excluding hydrogens is 332 g/mol. The molecule has 1 aromatic heterocycles. The third-order valence-electron chi connectivity index (χ3n) is 4.63. The van der Waals surface area contributed by atoms with Crippen LogP contribution in [0.1, 0.15) is 11.3 Å². The highest BCUT2D eigenvalue weighted by Gasteiger charge is 2.20. The fourth-order valence-electron chi connectivity index (χ4n) is 3.22. The summed E-state index contributed by atoms with van der Waals surface area (Å²) in [5.74, 6) is 2.36. The zero-order chi connectivity index (χ0) is 17.8. The first-order chi connectivity index (χ1) is 12.8. The summed E-state index contributed by atoms with van der Waals surface area (Å²) >= 11 is 0. The first-order valence-electron chi connectivity index (χ1n) is 8.89. The quantitative estimate of drug-likeness (QED) is 0.789. The molecule has 1 amide bonds. The Kier molecular flexibility index (Phi) is 4.93. The molecule has 1 fully saturated rings. The molecule has 0 spiro atoms. The zero-order valence-electron chi connectivity index (χ0n) is 14.6. The van der Waals surface area contributed by atoms with Crippen molar-refractivity contribution in [3.63, 3.8) is 0 Å². The number of hydrogen-bond acceptors (Lipinski definition) is 5. The van der Waals surface area contributed by atoms with Gasteiger partial charge in [-0.3, -0.25) is 9.69 Å². The molecule has 2 aliphatic heterocycles. The first-order valence-corrected chi connectivity index (χ1v) is 8.89. The summed E-state index contributed by atoms with van der Waals surface area (Å²) in [7, 11) is 0. The second-order valence-electron chi connectivity index (χ2n) is 6.43. The van der Waals surface area contributed by atoms with E-state index >= 15 is 0 Å². The van der Waals surface area contributed by atoms with E-state index in [1.165, 1.54) is 5.56 Å². The highest BCUT2D eigenvalue weighted by Crippen LogP contribution is 2.31. The number of furan rings is 1. The smallest absolute Gasteiger partial charge is 0.246 e. The number of benzene rings is 1. The summed E-state index contributed by atoms with van der Waals surface area (Å²) in [5, 5.41) is 0. The van der Waals surface area contributed by atoms with E-state index in [1.807, 2.05) is 17.0 Å². The van der Waals surface area contributed by atoms with Gasteiger partial charge in [-0.05, 0) is 35.9 Å². The lowest BCUT2D eigenvalue weighted by atomic mass is 10.1. The SMILES string of the molecule is O=C(/C=C/c1ccco1)N1CCN(Cc2ccc3c(c2)OCCO3)CC1. The molecule has 0 saturated carbocycles. The highest BCUT2D eigenvalue weighted by atomic mass is 16.6. The lowest BCUT2D eigenvalue weighted by molar-refractivity contribution is -0.127. The van der Waals surface area contributed by atoms with Gasteiger partial charge in [0.2, 0.25) is 5.91 Å². The Labute approximate surface area is 152 Å². The largest absolute Gasteiger partial charge is 0.486 e. The van der Waals surface area contributed by atoms with E-state index in [4.69, 9.17) is 13.9 Å². The normalized spacial score (nSPS) is 17.6. The van der Waals surface area contributed by atoms with Crippen LogP contribution in [0.2, 0.25) is 0 Å². The molecule has 0 atom stereocenters. The predicted molar refractivity (Wildman–Crippen MR) is 97.0 cm³/mol. The monoisotopic (exact) mass is 354 g/mol. The molecule has 1 saturated heterocycles. The third-order valence-corrected chi connectivity index (χ3v) is 4.63. The lowest BCUT2D eigenvalue weighted by Gasteiger charge is -2.34. The molecule has 6 nitrogen and oxygen atoms in total. The topological polar surface area (TPSA) is 55.2 Å². The van der Waals surface area contributed by atoms with E-state index in [1.54, 1.807) is 24.5 Å². The molecule has 3 heterocycles. The van der Waals surface area contributed by atoms with Crippen molar-refractivity contribution in [3.05, 3.63) is 54.0 Å². The van der Waals surface area contributed by atoms with Crippen LogP contribution in [0.4, 0.5) is 0 Å². The summed E-state index contributed by atoms with van der Waals surface area (Å²) in [4.78, 5) is 16.5. The van der Waals surface area contributed by atoms with E-state index in [0.29, 0.717) is 19.0 Å². The number of piperazine rings is 1. The van der Waals surface area contributed by atoms with E-state index in [2.05, 4.69) is 17.0 Å². The number of ether oxygens (including phenoxy) is 2. The minimum atomic E-state index is 0.0281. The second-order valence-corrected chi connectivity index (χ2v) is 6.43. The average molecular weight is 354 g/mol. The van der Waals surface area contributed by atoms with E-state index in [0.717, 1.165) is 44.2 Å². The van der Waals surface area contributed by atoms with Gasteiger partial charge in [0.05, 0.1) is 6.26 Å². The van der Waals surface area contributed by atoms with Crippen molar-refractivity contribution < 1.29 is 18.7 Å². The van der Waals surface area contributed by atoms with Crippen molar-refractivity contribution >= 4 is 12.0 Å². The van der Waals surface area contributed by atoms with Crippen LogP contribution in [-0.2, 0) is 11.3 Å². The van der Waals surface area contributed by atoms with Gasteiger partial charge in [-0.15, -0.1) is 0 Å². The van der Waals surface area contributed by atoms with Crippen molar-refractivity contribution in [2.75, 3.05) is 39.4 Å². The molecule has 1 aromatic carbocycles. The third kappa shape index (κ3) is 3.91. The fourth-order valence-corrected chi connectivity index (χ4v) is 3.22. The van der Waals surface area contributed by atoms with Gasteiger partial charge in [0.1, 0.15) is 19.0 Å². The Bertz CT molecular complexity index is 777. The van der Waals surface area contributed by atoms with E-state index in [-0.39, 0.29) is 5.91 Å². The van der Waals surface area contributed by atoms with Gasteiger partial charge in [0, 0.05) is 38.8 Å². The van der Waals surface area contributed by atoms with Gasteiger partial charge in [0.15, 0.2) is 11.5 Å². The van der Waals surface area contributed by atoms with Crippen LogP contribution in [0.3, 0.4) is 0 Å². The van der Waals surface area contributed by atoms with Gasteiger partial charge in [-0.1, -0.05) is 6.07 Å². The maximum Gasteiger partial charge on any atom is 0.246 e. The van der Waals surface area contributed by atoms with Crippen LogP contribution < -0.4 is 9.47 Å². The number of rotatable bonds is 4. The maximum atomic E-state index is 12.3. The Hall–Kier alpha value is -2.73. The van der Waals surface area contributed by atoms with E-state index < -0.39 is 0 Å². The number of amides is 1. The van der Waals surface area contributed by atoms with Crippen molar-refractivity contribution in [1.29, 1.82) is 0 Å². The van der Waals surface area contributed by atoms with Crippen LogP contribution in [-0.4, -0.2) is 55.1 Å². The molecular formula is C20H22N2O4. The van der Waals surface area contributed by atoms with Gasteiger partial charge >= 0.3 is 0 Å². The minimum Gasteiger partial charge on any atom is -0.486 e. The Morgan fingerprint density at radius 2 is 1.85 bits per heavy atom. The molecule has 0 aliphatic carbocycles. The number of hydrogen-bond donors (Lipinski definition) is 0. The van der Waals surface area contributed by atoms with Crippen molar-refractivity contribution in [3.8, 4) is 11.5 Å². The predicted octanol–water partition coefficient (Wildman–Crippen LogP) is 2.41. The van der Waals surface area contributed by atoms with Gasteiger partial charge < -0.3 is 18.8 Å². The summed E-state index contributed by atoms with van der Waals surface area (Å²) in [5.41, 5.74) is 1.20. The summed E-state index contributed by atoms with van der Waals surface area (Å²) in [6.07, 6.45) is 4.89. The molecule has 0 unspecified atom stereocenters. The Morgan fingerprint density at radius 1 is 1.04 bits per heavy atom. The first kappa shape index (κ1) is 16.7. The Morgan fingerprint density at radius 3 is 2.62 bits per heavy atom. The van der Waals surface area contributed by atoms with E-state index in [9.17, 15) is 4.79 Å². The molecule has 2 aliphatic rings. The van der Waals surface area contributed by atoms with Gasteiger partial charge in [0.25, 0.3) is 0 Å². The van der Waals surface area contributed by atoms with Crippen LogP contribution in [0.5, 0.6) is 11.5 Å². The second kappa shape index (κ2) is 7.66. The molecule has 26 heavy (non-hydrogen) atoms. The van der Waals surface area contributed by atoms with Crippen LogP contribution in [0.25, 0.3) is 6.08 Å². The number of fused-ring (bicyclic) bond motifs is 1. The summed E-state index contributed by atoms with van der Waals surface area (Å²) in [6, 6.07) is 9.74. The lowest BCUT2D eigenvalue weighted by Crippen LogP contribution is -2.47. The average Bonchev–Trinajstić information content (AvgIpc) is 3.20. The molecule has 0 N–H and O–H groups in total. The van der Waals surface area contributed by atoms with Gasteiger partial charge in [-0.25, -0.2) is 0 Å². The molecule has 0 bridgehead atoms. The van der Waals surface area contributed by atoms with Crippen LogP contribution >= 0.6 is 0 Å². The zero-order valence-corrected chi connectivity index (χ0v) is 14.6. The van der Waals surface area contributed by atoms with Crippen molar-refractivity contribution in [1.82, 2.24) is 9.80 Å². The summed E-state index contributed by atoms with van der Waals surface area (Å²) in [6.45, 7) is 5.22. The maximum absolute atomic E-state index is 12.3. The fraction of sp³-hybridized carbons (Fsp3) is 0.350. The Balaban J connectivity index is 1.29. The number of carbonyl (C=O) groups is 1. The summed E-state index contributed by atoms with van der Waals surface area (Å²) < 4.78 is 16.4. The van der Waals surface area contributed by atoms with Crippen LogP contribution in [0, 0.1) is 0 Å². The highest BCUT2D eigenvalue weighted by molar-refractivity contribution is 5.91.